The van der Waals surface area contributed by atoms with Crippen molar-refractivity contribution in [1.29, 1.82) is 0 Å². The number of benzene rings is 1. The maximum atomic E-state index is 13.3. The minimum absolute atomic E-state index is 0.0304. The van der Waals surface area contributed by atoms with E-state index < -0.39 is 23.9 Å². The molecule has 6 rings (SSSR count). The van der Waals surface area contributed by atoms with E-state index in [0.29, 0.717) is 19.6 Å². The number of halogens is 3. The molecule has 2 saturated heterocycles. The number of carbonyl (C=O) groups is 2. The first kappa shape index (κ1) is 27.3. The molecule has 2 fully saturated rings. The molecule has 4 aromatic rings. The Bertz CT molecular complexity index is 1620. The zero-order chi connectivity index (χ0) is 29.4. The van der Waals surface area contributed by atoms with Gasteiger partial charge < -0.3 is 33.6 Å². The third-order valence-corrected chi connectivity index (χ3v) is 6.90. The Labute approximate surface area is 235 Å². The van der Waals surface area contributed by atoms with Gasteiger partial charge in [-0.3, -0.25) is 9.20 Å². The molecule has 2 aliphatic rings. The van der Waals surface area contributed by atoms with Crippen molar-refractivity contribution in [3.05, 3.63) is 54.3 Å². The van der Waals surface area contributed by atoms with Gasteiger partial charge in [0.2, 0.25) is 5.65 Å². The highest BCUT2D eigenvalue weighted by molar-refractivity contribution is 5.97. The van der Waals surface area contributed by atoms with Gasteiger partial charge in [0, 0.05) is 51.1 Å². The van der Waals surface area contributed by atoms with E-state index in [-0.39, 0.29) is 72.1 Å². The topological polar surface area (TPSA) is 145 Å². The van der Waals surface area contributed by atoms with E-state index in [4.69, 9.17) is 14.2 Å². The lowest BCUT2D eigenvalue weighted by atomic mass is 10.1. The van der Waals surface area contributed by atoms with Gasteiger partial charge >= 0.3 is 12.3 Å². The second-order valence-corrected chi connectivity index (χ2v) is 9.57. The van der Waals surface area contributed by atoms with E-state index >= 15 is 0 Å². The van der Waals surface area contributed by atoms with Crippen molar-refractivity contribution in [3.63, 3.8) is 0 Å². The second kappa shape index (κ2) is 10.8. The lowest BCUT2D eigenvalue weighted by Gasteiger charge is -2.34. The van der Waals surface area contributed by atoms with Gasteiger partial charge in [0.1, 0.15) is 23.9 Å². The van der Waals surface area contributed by atoms with E-state index in [9.17, 15) is 27.9 Å². The molecule has 13 nitrogen and oxygen atoms in total. The van der Waals surface area contributed by atoms with Crippen molar-refractivity contribution in [2.45, 2.75) is 18.7 Å². The summed E-state index contributed by atoms with van der Waals surface area (Å²) in [6.07, 6.45) is -0.00154. The molecule has 3 aromatic heterocycles. The summed E-state index contributed by atoms with van der Waals surface area (Å²) in [6, 6.07) is 4.06. The van der Waals surface area contributed by atoms with Crippen LogP contribution in [0, 0.1) is 0 Å². The first-order chi connectivity index (χ1) is 20.2. The van der Waals surface area contributed by atoms with Crippen molar-refractivity contribution in [3.8, 4) is 28.6 Å². The second-order valence-electron chi connectivity index (χ2n) is 9.57. The molecule has 2 aliphatic heterocycles. The minimum atomic E-state index is -4.74. The minimum Gasteiger partial charge on any atom is -0.507 e. The van der Waals surface area contributed by atoms with Crippen LogP contribution in [-0.4, -0.2) is 91.9 Å². The van der Waals surface area contributed by atoms with E-state index in [1.165, 1.54) is 51.0 Å². The van der Waals surface area contributed by atoms with Crippen molar-refractivity contribution >= 4 is 17.6 Å². The molecule has 0 unspecified atom stereocenters. The van der Waals surface area contributed by atoms with Crippen LogP contribution < -0.4 is 4.74 Å². The van der Waals surface area contributed by atoms with Crippen LogP contribution in [0.25, 0.3) is 16.9 Å². The smallest absolute Gasteiger partial charge is 0.437 e. The molecule has 1 atom stereocenters. The van der Waals surface area contributed by atoms with Crippen LogP contribution in [0.15, 0.2) is 47.6 Å². The van der Waals surface area contributed by atoms with Gasteiger partial charge in [0.15, 0.2) is 5.69 Å². The van der Waals surface area contributed by atoms with E-state index in [1.807, 2.05) is 0 Å². The van der Waals surface area contributed by atoms with Gasteiger partial charge in [-0.05, 0) is 12.1 Å². The molecule has 0 aliphatic carbocycles. The first-order valence-electron chi connectivity index (χ1n) is 12.9. The average Bonchev–Trinajstić information content (AvgIpc) is 3.74. The molecular weight excluding hydrogens is 565 g/mol. The molecule has 42 heavy (non-hydrogen) atoms. The average molecular weight is 588 g/mol. The lowest BCUT2D eigenvalue weighted by Crippen LogP contribution is -2.51. The predicted octanol–water partition coefficient (Wildman–Crippen LogP) is 3.58. The summed E-state index contributed by atoms with van der Waals surface area (Å²) < 4.78 is 62.3. The van der Waals surface area contributed by atoms with Crippen molar-refractivity contribution in [2.75, 3.05) is 39.4 Å². The Morgan fingerprint density at radius 2 is 1.88 bits per heavy atom. The zero-order valence-corrected chi connectivity index (χ0v) is 21.8. The number of imidazole rings is 1. The van der Waals surface area contributed by atoms with Crippen molar-refractivity contribution in [2.24, 2.45) is 0 Å². The number of phenolic OH excluding ortho intramolecular Hbond substituents is 1. The number of aromatic hydroxyl groups is 1. The van der Waals surface area contributed by atoms with E-state index in [1.54, 1.807) is 0 Å². The molecule has 0 spiro atoms. The van der Waals surface area contributed by atoms with Crippen LogP contribution in [-0.2, 0) is 15.7 Å². The quantitative estimate of drug-likeness (QED) is 0.367. The number of aromatic nitrogens is 4. The van der Waals surface area contributed by atoms with Crippen LogP contribution in [0.1, 0.15) is 22.5 Å². The molecule has 2 amide bonds. The van der Waals surface area contributed by atoms with Gasteiger partial charge in [-0.1, -0.05) is 5.16 Å². The number of nitrogens with zero attached hydrogens (tertiary/aromatic N) is 6. The Hall–Kier alpha value is -4.86. The highest BCUT2D eigenvalue weighted by Gasteiger charge is 2.39. The number of rotatable bonds is 5. The number of piperazine rings is 1. The first-order valence-corrected chi connectivity index (χ1v) is 12.9. The summed E-state index contributed by atoms with van der Waals surface area (Å²) in [5.41, 5.74) is -1.33. The van der Waals surface area contributed by atoms with Crippen LogP contribution in [0.4, 0.5) is 18.0 Å². The van der Waals surface area contributed by atoms with Gasteiger partial charge in [-0.25, -0.2) is 14.8 Å². The molecule has 1 N–H and O–H groups in total. The van der Waals surface area contributed by atoms with E-state index in [2.05, 4.69) is 19.6 Å². The number of hydrogen-bond donors (Lipinski definition) is 1. The normalized spacial score (nSPS) is 17.5. The monoisotopic (exact) mass is 588 g/mol. The zero-order valence-electron chi connectivity index (χ0n) is 21.8. The standard InChI is InChI=1S/C26H23F3N6O7/c27-26(28,29)21-18(14-40-32-21)19-12-31-22-23(30-4-5-35(19)22)41-15-1-2-17(20(36)11-15)24(37)33-6-8-34(9-7-33)25(38)42-16-3-10-39-13-16/h1-2,4-5,11-12,14,16,36H,3,6-10,13H2/t16-/m1/s1. The van der Waals surface area contributed by atoms with Crippen molar-refractivity contribution in [1.82, 2.24) is 29.3 Å². The third-order valence-electron chi connectivity index (χ3n) is 6.90. The molecule has 0 bridgehead atoms. The van der Waals surface area contributed by atoms with Crippen LogP contribution in [0.2, 0.25) is 0 Å². The van der Waals surface area contributed by atoms with E-state index in [0.717, 1.165) is 6.26 Å². The fourth-order valence-electron chi connectivity index (χ4n) is 4.74. The summed E-state index contributed by atoms with van der Waals surface area (Å²) in [6.45, 7) is 2.00. The molecule has 16 heteroatoms. The fourth-order valence-corrected chi connectivity index (χ4v) is 4.74. The van der Waals surface area contributed by atoms with Crippen molar-refractivity contribution < 1.29 is 46.6 Å². The van der Waals surface area contributed by atoms with Gasteiger partial charge in [0.05, 0.1) is 36.2 Å². The van der Waals surface area contributed by atoms with Crippen LogP contribution in [0.3, 0.4) is 0 Å². The summed E-state index contributed by atoms with van der Waals surface area (Å²) in [5.74, 6) is -0.725. The van der Waals surface area contributed by atoms with Crippen LogP contribution in [0.5, 0.6) is 17.4 Å². The Kier molecular flexibility index (Phi) is 7.06. The Balaban J connectivity index is 1.13. The Morgan fingerprint density at radius 3 is 2.60 bits per heavy atom. The largest absolute Gasteiger partial charge is 0.507 e. The number of alkyl halides is 3. The highest BCUT2D eigenvalue weighted by Crippen LogP contribution is 2.37. The number of phenols is 1. The molecular formula is C26H23F3N6O7. The highest BCUT2D eigenvalue weighted by atomic mass is 19.4. The number of ether oxygens (including phenoxy) is 3. The summed E-state index contributed by atoms with van der Waals surface area (Å²) >= 11 is 0. The SMILES string of the molecule is O=C(O[C@@H]1CCOC1)N1CCN(C(=O)c2ccc(Oc3nccn4c(-c5conc5C(F)(F)F)cnc34)cc2O)CC1. The lowest BCUT2D eigenvalue weighted by molar-refractivity contribution is -0.142. The molecule has 0 radical (unpaired) electrons. The molecule has 1 aromatic carbocycles. The number of amides is 2. The summed E-state index contributed by atoms with van der Waals surface area (Å²) in [5, 5.41) is 13.7. The molecule has 5 heterocycles. The summed E-state index contributed by atoms with van der Waals surface area (Å²) in [4.78, 5) is 36.8. The summed E-state index contributed by atoms with van der Waals surface area (Å²) in [7, 11) is 0. The predicted molar refractivity (Wildman–Crippen MR) is 135 cm³/mol. The Morgan fingerprint density at radius 1 is 1.10 bits per heavy atom. The molecule has 0 saturated carbocycles. The van der Waals surface area contributed by atoms with Gasteiger partial charge in [0.25, 0.3) is 11.8 Å². The van der Waals surface area contributed by atoms with Gasteiger partial charge in [-0.15, -0.1) is 0 Å². The maximum Gasteiger partial charge on any atom is 0.437 e. The molecule has 220 valence electrons. The van der Waals surface area contributed by atoms with Crippen LogP contribution >= 0.6 is 0 Å². The number of carbonyl (C=O) groups excluding carboxylic acids is 2. The fraction of sp³-hybridized carbons (Fsp3) is 0.346. The number of hydrogen-bond acceptors (Lipinski definition) is 10. The van der Waals surface area contributed by atoms with Gasteiger partial charge in [-0.2, -0.15) is 13.2 Å². The number of fused-ring (bicyclic) bond motifs is 1. The third kappa shape index (κ3) is 5.27. The maximum absolute atomic E-state index is 13.3.